The number of methoxy groups -OCH3 is 2. The molecule has 0 bridgehead atoms. The summed E-state index contributed by atoms with van der Waals surface area (Å²) >= 11 is 0. The first-order chi connectivity index (χ1) is 13.6. The molecule has 9 nitrogen and oxygen atoms in total. The molecular weight excluding hydrogens is 362 g/mol. The lowest BCUT2D eigenvalue weighted by Gasteiger charge is -2.09. The highest BCUT2D eigenvalue weighted by atomic mass is 16.5. The lowest BCUT2D eigenvalue weighted by atomic mass is 10.2. The minimum Gasteiger partial charge on any atom is -0.497 e. The topological polar surface area (TPSA) is 121 Å². The van der Waals surface area contributed by atoms with Crippen molar-refractivity contribution in [2.24, 2.45) is 0 Å². The minimum absolute atomic E-state index is 0.0162. The number of aromatic nitrogens is 3. The molecule has 0 fully saturated rings. The van der Waals surface area contributed by atoms with Gasteiger partial charge in [-0.3, -0.25) is 0 Å². The molecule has 1 heterocycles. The van der Waals surface area contributed by atoms with E-state index in [-0.39, 0.29) is 29.9 Å². The molecule has 3 aromatic rings. The van der Waals surface area contributed by atoms with Crippen LogP contribution in [0.2, 0.25) is 0 Å². The van der Waals surface area contributed by atoms with Gasteiger partial charge in [0, 0.05) is 11.8 Å². The molecule has 0 amide bonds. The molecule has 0 saturated carbocycles. The summed E-state index contributed by atoms with van der Waals surface area (Å²) in [4.78, 5) is 24.6. The van der Waals surface area contributed by atoms with Crippen molar-refractivity contribution in [2.75, 3.05) is 25.3 Å². The van der Waals surface area contributed by atoms with Gasteiger partial charge in [-0.25, -0.2) is 4.79 Å². The molecular formula is C19H19N5O4. The molecule has 3 N–H and O–H groups in total. The number of esters is 1. The molecule has 0 spiro atoms. The van der Waals surface area contributed by atoms with Crippen LogP contribution >= 0.6 is 0 Å². The number of hydrogen-bond acceptors (Lipinski definition) is 9. The zero-order valence-electron chi connectivity index (χ0n) is 15.4. The summed E-state index contributed by atoms with van der Waals surface area (Å²) in [5.41, 5.74) is 6.80. The summed E-state index contributed by atoms with van der Waals surface area (Å²) in [6.45, 7) is -0.172. The number of carbonyl (C=O) groups excluding carboxylic acids is 1. The van der Waals surface area contributed by atoms with Crippen molar-refractivity contribution in [2.45, 2.75) is 6.61 Å². The summed E-state index contributed by atoms with van der Waals surface area (Å²) in [7, 11) is 3.00. The first-order valence-electron chi connectivity index (χ1n) is 8.30. The molecule has 2 aromatic carbocycles. The van der Waals surface area contributed by atoms with Gasteiger partial charge in [0.1, 0.15) is 11.5 Å². The van der Waals surface area contributed by atoms with E-state index in [4.69, 9.17) is 19.9 Å². The minimum atomic E-state index is -0.575. The standard InChI is InChI=1S/C19H19N5O4/c1-26-14-8-12(9-15(10-14)27-2)17(25)28-11-16-22-18(20)24-19(23-16)21-13-6-4-3-5-7-13/h3-10H,11H2,1-2H3,(H3,20,21,22,23,24). The predicted octanol–water partition coefficient (Wildman–Crippen LogP) is 2.57. The van der Waals surface area contributed by atoms with Crippen LogP contribution in [0, 0.1) is 0 Å². The van der Waals surface area contributed by atoms with E-state index in [0.717, 1.165) is 5.69 Å². The average Bonchev–Trinajstić information content (AvgIpc) is 2.72. The Morgan fingerprint density at radius 3 is 2.32 bits per heavy atom. The van der Waals surface area contributed by atoms with Crippen LogP contribution in [-0.4, -0.2) is 35.1 Å². The highest BCUT2D eigenvalue weighted by Gasteiger charge is 2.13. The number of anilines is 3. The Morgan fingerprint density at radius 2 is 1.68 bits per heavy atom. The molecule has 0 saturated heterocycles. The number of para-hydroxylation sites is 1. The number of nitrogens with zero attached hydrogens (tertiary/aromatic N) is 3. The van der Waals surface area contributed by atoms with Crippen LogP contribution in [0.5, 0.6) is 11.5 Å². The zero-order valence-corrected chi connectivity index (χ0v) is 15.4. The Labute approximate surface area is 161 Å². The molecule has 0 atom stereocenters. The van der Waals surface area contributed by atoms with E-state index in [2.05, 4.69) is 20.3 Å². The van der Waals surface area contributed by atoms with Crippen molar-refractivity contribution in [3.8, 4) is 11.5 Å². The monoisotopic (exact) mass is 381 g/mol. The number of benzene rings is 2. The van der Waals surface area contributed by atoms with Gasteiger partial charge in [-0.2, -0.15) is 15.0 Å². The van der Waals surface area contributed by atoms with Crippen LogP contribution in [0.25, 0.3) is 0 Å². The fraction of sp³-hybridized carbons (Fsp3) is 0.158. The van der Waals surface area contributed by atoms with Crippen molar-refractivity contribution in [1.29, 1.82) is 0 Å². The third kappa shape index (κ3) is 4.85. The van der Waals surface area contributed by atoms with Gasteiger partial charge in [0.05, 0.1) is 19.8 Å². The van der Waals surface area contributed by atoms with Crippen LogP contribution in [0.1, 0.15) is 16.2 Å². The lowest BCUT2D eigenvalue weighted by Crippen LogP contribution is -2.11. The Morgan fingerprint density at radius 1 is 1.00 bits per heavy atom. The summed E-state index contributed by atoms with van der Waals surface area (Å²) in [5.74, 6) is 0.869. The molecule has 0 aliphatic heterocycles. The predicted molar refractivity (Wildman–Crippen MR) is 103 cm³/mol. The molecule has 0 unspecified atom stereocenters. The van der Waals surface area contributed by atoms with E-state index in [0.29, 0.717) is 11.5 Å². The van der Waals surface area contributed by atoms with Gasteiger partial charge in [-0.15, -0.1) is 0 Å². The Hall–Kier alpha value is -3.88. The largest absolute Gasteiger partial charge is 0.497 e. The van der Waals surface area contributed by atoms with Gasteiger partial charge in [0.2, 0.25) is 11.9 Å². The van der Waals surface area contributed by atoms with Gasteiger partial charge in [0.15, 0.2) is 12.4 Å². The molecule has 0 aliphatic rings. The molecule has 9 heteroatoms. The third-order valence-corrected chi connectivity index (χ3v) is 3.65. The third-order valence-electron chi connectivity index (χ3n) is 3.65. The molecule has 28 heavy (non-hydrogen) atoms. The summed E-state index contributed by atoms with van der Waals surface area (Å²) in [6, 6.07) is 14.1. The van der Waals surface area contributed by atoms with E-state index in [1.54, 1.807) is 18.2 Å². The first kappa shape index (κ1) is 18.9. The maximum atomic E-state index is 12.4. The highest BCUT2D eigenvalue weighted by molar-refractivity contribution is 5.90. The van der Waals surface area contributed by atoms with Crippen LogP contribution < -0.4 is 20.5 Å². The van der Waals surface area contributed by atoms with Crippen molar-refractivity contribution in [1.82, 2.24) is 15.0 Å². The van der Waals surface area contributed by atoms with E-state index in [1.807, 2.05) is 30.3 Å². The van der Waals surface area contributed by atoms with Gasteiger partial charge >= 0.3 is 5.97 Å². The quantitative estimate of drug-likeness (QED) is 0.595. The van der Waals surface area contributed by atoms with Gasteiger partial charge in [-0.05, 0) is 24.3 Å². The van der Waals surface area contributed by atoms with Crippen molar-refractivity contribution >= 4 is 23.6 Å². The van der Waals surface area contributed by atoms with Crippen LogP contribution in [0.3, 0.4) is 0 Å². The number of carbonyl (C=O) groups is 1. The number of nitrogens with two attached hydrogens (primary N) is 1. The van der Waals surface area contributed by atoms with Crippen molar-refractivity contribution in [3.05, 3.63) is 59.9 Å². The maximum absolute atomic E-state index is 12.4. The van der Waals surface area contributed by atoms with Gasteiger partial charge in [-0.1, -0.05) is 18.2 Å². The molecule has 3 rings (SSSR count). The van der Waals surface area contributed by atoms with E-state index >= 15 is 0 Å². The number of hydrogen-bond donors (Lipinski definition) is 2. The van der Waals surface area contributed by atoms with Gasteiger partial charge < -0.3 is 25.3 Å². The fourth-order valence-corrected chi connectivity index (χ4v) is 2.35. The Kier molecular flexibility index (Phi) is 5.85. The normalized spacial score (nSPS) is 10.2. The Bertz CT molecular complexity index is 944. The number of nitrogens with one attached hydrogen (secondary N) is 1. The maximum Gasteiger partial charge on any atom is 0.338 e. The van der Waals surface area contributed by atoms with Crippen molar-refractivity contribution in [3.63, 3.8) is 0 Å². The summed E-state index contributed by atoms with van der Waals surface area (Å²) in [5, 5.41) is 3.02. The van der Waals surface area contributed by atoms with E-state index < -0.39 is 5.97 Å². The smallest absolute Gasteiger partial charge is 0.338 e. The zero-order chi connectivity index (χ0) is 19.9. The van der Waals surface area contributed by atoms with E-state index in [1.165, 1.54) is 14.2 Å². The molecule has 1 aromatic heterocycles. The van der Waals surface area contributed by atoms with Crippen LogP contribution in [0.15, 0.2) is 48.5 Å². The summed E-state index contributed by atoms with van der Waals surface area (Å²) < 4.78 is 15.6. The van der Waals surface area contributed by atoms with Crippen LogP contribution in [-0.2, 0) is 11.3 Å². The summed E-state index contributed by atoms with van der Waals surface area (Å²) in [6.07, 6.45) is 0. The second-order valence-electron chi connectivity index (χ2n) is 5.60. The second-order valence-corrected chi connectivity index (χ2v) is 5.60. The van der Waals surface area contributed by atoms with Crippen LogP contribution in [0.4, 0.5) is 17.6 Å². The number of ether oxygens (including phenoxy) is 3. The average molecular weight is 381 g/mol. The molecule has 0 radical (unpaired) electrons. The molecule has 0 aliphatic carbocycles. The number of rotatable bonds is 7. The van der Waals surface area contributed by atoms with Crippen molar-refractivity contribution < 1.29 is 19.0 Å². The van der Waals surface area contributed by atoms with E-state index in [9.17, 15) is 4.79 Å². The number of nitrogen functional groups attached to an aromatic ring is 1. The Balaban J connectivity index is 1.71. The lowest BCUT2D eigenvalue weighted by molar-refractivity contribution is 0.0461. The SMILES string of the molecule is COc1cc(OC)cc(C(=O)OCc2nc(N)nc(Nc3ccccc3)n2)c1. The molecule has 144 valence electrons. The van der Waals surface area contributed by atoms with Gasteiger partial charge in [0.25, 0.3) is 0 Å². The first-order valence-corrected chi connectivity index (χ1v) is 8.30. The fourth-order valence-electron chi connectivity index (χ4n) is 2.35. The highest BCUT2D eigenvalue weighted by Crippen LogP contribution is 2.23. The second kappa shape index (κ2) is 8.67.